The summed E-state index contributed by atoms with van der Waals surface area (Å²) in [6.07, 6.45) is 0. The SMILES string of the molecule is COC(=O)c1cc(C(N)=O)nc2c(Cl)cc(Cl)cc12. The summed E-state index contributed by atoms with van der Waals surface area (Å²) in [5.74, 6) is -1.40. The number of hydrogen-bond donors (Lipinski definition) is 1. The molecule has 0 radical (unpaired) electrons. The second-order valence-electron chi connectivity index (χ2n) is 3.69. The van der Waals surface area contributed by atoms with Crippen molar-refractivity contribution in [3.63, 3.8) is 0 Å². The molecule has 0 bridgehead atoms. The molecule has 5 nitrogen and oxygen atoms in total. The summed E-state index contributed by atoms with van der Waals surface area (Å²) in [6.45, 7) is 0. The van der Waals surface area contributed by atoms with Crippen LogP contribution in [-0.4, -0.2) is 24.0 Å². The number of carbonyl (C=O) groups excluding carboxylic acids is 2. The number of aromatic nitrogens is 1. The standard InChI is InChI=1S/C12H8Cl2N2O3/c1-19-12(18)7-4-9(11(15)17)16-10-6(7)2-5(13)3-8(10)14/h2-4H,1H3,(H2,15,17). The third-order valence-electron chi connectivity index (χ3n) is 2.49. The lowest BCUT2D eigenvalue weighted by molar-refractivity contribution is 0.0603. The Bertz CT molecular complexity index is 701. The Kier molecular flexibility index (Phi) is 3.59. The molecule has 7 heteroatoms. The molecule has 0 aliphatic carbocycles. The van der Waals surface area contributed by atoms with Crippen LogP contribution in [0.15, 0.2) is 18.2 Å². The summed E-state index contributed by atoms with van der Waals surface area (Å²) in [5.41, 5.74) is 5.50. The van der Waals surface area contributed by atoms with Crippen molar-refractivity contribution < 1.29 is 14.3 Å². The van der Waals surface area contributed by atoms with Gasteiger partial charge in [0, 0.05) is 10.4 Å². The van der Waals surface area contributed by atoms with Gasteiger partial charge in [-0.3, -0.25) is 4.79 Å². The number of rotatable bonds is 2. The predicted molar refractivity (Wildman–Crippen MR) is 71.6 cm³/mol. The number of fused-ring (bicyclic) bond motifs is 1. The number of amides is 1. The van der Waals surface area contributed by atoms with Crippen LogP contribution in [0.1, 0.15) is 20.8 Å². The van der Waals surface area contributed by atoms with Gasteiger partial charge in [-0.1, -0.05) is 23.2 Å². The number of nitrogens with two attached hydrogens (primary N) is 1. The highest BCUT2D eigenvalue weighted by Gasteiger charge is 2.17. The number of pyridine rings is 1. The summed E-state index contributed by atoms with van der Waals surface area (Å²) in [5, 5.41) is 0.960. The molecule has 98 valence electrons. The zero-order chi connectivity index (χ0) is 14.2. The lowest BCUT2D eigenvalue weighted by Gasteiger charge is -2.08. The number of ether oxygens (including phenoxy) is 1. The molecule has 2 aromatic rings. The fourth-order valence-corrected chi connectivity index (χ4v) is 2.19. The zero-order valence-electron chi connectivity index (χ0n) is 9.74. The first kappa shape index (κ1) is 13.6. The third kappa shape index (κ3) is 2.47. The van der Waals surface area contributed by atoms with Gasteiger partial charge < -0.3 is 10.5 Å². The molecule has 2 rings (SSSR count). The molecule has 19 heavy (non-hydrogen) atoms. The first-order chi connectivity index (χ1) is 8.93. The van der Waals surface area contributed by atoms with Crippen LogP contribution < -0.4 is 5.73 Å². The Balaban J connectivity index is 2.90. The van der Waals surface area contributed by atoms with E-state index >= 15 is 0 Å². The number of halogens is 2. The molecule has 0 saturated heterocycles. The van der Waals surface area contributed by atoms with Crippen molar-refractivity contribution in [2.45, 2.75) is 0 Å². The molecule has 1 aromatic heterocycles. The van der Waals surface area contributed by atoms with Crippen LogP contribution in [0.2, 0.25) is 10.0 Å². The van der Waals surface area contributed by atoms with Crippen LogP contribution >= 0.6 is 23.2 Å². The van der Waals surface area contributed by atoms with Crippen LogP contribution in [0.5, 0.6) is 0 Å². The van der Waals surface area contributed by atoms with Crippen LogP contribution in [0.25, 0.3) is 10.9 Å². The van der Waals surface area contributed by atoms with Crippen molar-refractivity contribution in [3.05, 3.63) is 39.5 Å². The lowest BCUT2D eigenvalue weighted by atomic mass is 10.1. The molecule has 0 aliphatic rings. The Morgan fingerprint density at radius 3 is 2.53 bits per heavy atom. The highest BCUT2D eigenvalue weighted by Crippen LogP contribution is 2.29. The Morgan fingerprint density at radius 2 is 1.95 bits per heavy atom. The smallest absolute Gasteiger partial charge is 0.338 e. The second kappa shape index (κ2) is 5.03. The monoisotopic (exact) mass is 298 g/mol. The van der Waals surface area contributed by atoms with Gasteiger partial charge in [-0.25, -0.2) is 9.78 Å². The first-order valence-corrected chi connectivity index (χ1v) is 5.87. The summed E-state index contributed by atoms with van der Waals surface area (Å²) in [4.78, 5) is 27.0. The van der Waals surface area contributed by atoms with E-state index in [1.807, 2.05) is 0 Å². The first-order valence-electron chi connectivity index (χ1n) is 5.12. The van der Waals surface area contributed by atoms with E-state index < -0.39 is 11.9 Å². The second-order valence-corrected chi connectivity index (χ2v) is 4.54. The van der Waals surface area contributed by atoms with E-state index in [4.69, 9.17) is 28.9 Å². The minimum atomic E-state index is -0.766. The van der Waals surface area contributed by atoms with Gasteiger partial charge in [0.1, 0.15) is 5.69 Å². The number of primary amides is 1. The van der Waals surface area contributed by atoms with Crippen molar-refractivity contribution in [2.75, 3.05) is 7.11 Å². The molecule has 1 heterocycles. The normalized spacial score (nSPS) is 10.5. The van der Waals surface area contributed by atoms with Gasteiger partial charge in [0.15, 0.2) is 0 Å². The third-order valence-corrected chi connectivity index (χ3v) is 3.00. The fourth-order valence-electron chi connectivity index (χ4n) is 1.66. The number of benzene rings is 1. The lowest BCUT2D eigenvalue weighted by Crippen LogP contribution is -2.15. The summed E-state index contributed by atoms with van der Waals surface area (Å²) in [7, 11) is 1.23. The predicted octanol–water partition coefficient (Wildman–Crippen LogP) is 2.43. The van der Waals surface area contributed by atoms with Crippen LogP contribution in [0.4, 0.5) is 0 Å². The van der Waals surface area contributed by atoms with Gasteiger partial charge in [-0.15, -0.1) is 0 Å². The number of methoxy groups -OCH3 is 1. The molecule has 0 atom stereocenters. The van der Waals surface area contributed by atoms with Crippen molar-refractivity contribution >= 4 is 46.0 Å². The molecule has 1 amide bonds. The van der Waals surface area contributed by atoms with Gasteiger partial charge in [0.05, 0.1) is 23.2 Å². The van der Waals surface area contributed by atoms with E-state index in [2.05, 4.69) is 9.72 Å². The highest BCUT2D eigenvalue weighted by molar-refractivity contribution is 6.38. The summed E-state index contributed by atoms with van der Waals surface area (Å²) in [6, 6.07) is 4.24. The van der Waals surface area contributed by atoms with Crippen molar-refractivity contribution in [1.29, 1.82) is 0 Å². The van der Waals surface area contributed by atoms with Crippen molar-refractivity contribution in [3.8, 4) is 0 Å². The van der Waals surface area contributed by atoms with Crippen LogP contribution in [-0.2, 0) is 4.74 Å². The Hall–Kier alpha value is -1.85. The summed E-state index contributed by atoms with van der Waals surface area (Å²) >= 11 is 11.9. The maximum absolute atomic E-state index is 11.7. The minimum Gasteiger partial charge on any atom is -0.465 e. The Morgan fingerprint density at radius 1 is 1.26 bits per heavy atom. The topological polar surface area (TPSA) is 82.3 Å². The van der Waals surface area contributed by atoms with Crippen molar-refractivity contribution in [2.24, 2.45) is 5.73 Å². The molecular formula is C12H8Cl2N2O3. The molecular weight excluding hydrogens is 291 g/mol. The number of carbonyl (C=O) groups is 2. The van der Waals surface area contributed by atoms with Gasteiger partial charge in [-0.2, -0.15) is 0 Å². The largest absolute Gasteiger partial charge is 0.465 e. The van der Waals surface area contributed by atoms with Gasteiger partial charge in [0.2, 0.25) is 0 Å². The van der Waals surface area contributed by atoms with Crippen LogP contribution in [0.3, 0.4) is 0 Å². The number of nitrogens with zero attached hydrogens (tertiary/aromatic N) is 1. The van der Waals surface area contributed by atoms with Gasteiger partial charge in [-0.05, 0) is 18.2 Å². The van der Waals surface area contributed by atoms with Crippen LogP contribution in [0, 0.1) is 0 Å². The molecule has 0 fully saturated rings. The Labute approximate surface area is 118 Å². The van der Waals surface area contributed by atoms with E-state index in [9.17, 15) is 9.59 Å². The average Bonchev–Trinajstić information content (AvgIpc) is 2.36. The van der Waals surface area contributed by atoms with E-state index in [0.29, 0.717) is 10.4 Å². The maximum Gasteiger partial charge on any atom is 0.338 e. The molecule has 0 spiro atoms. The average molecular weight is 299 g/mol. The fraction of sp³-hybridized carbons (Fsp3) is 0.0833. The van der Waals surface area contributed by atoms with Gasteiger partial charge >= 0.3 is 5.97 Å². The zero-order valence-corrected chi connectivity index (χ0v) is 11.2. The number of hydrogen-bond acceptors (Lipinski definition) is 4. The maximum atomic E-state index is 11.7. The number of esters is 1. The minimum absolute atomic E-state index is 0.0721. The van der Waals surface area contributed by atoms with E-state index in [-0.39, 0.29) is 21.8 Å². The van der Waals surface area contributed by atoms with E-state index in [1.54, 1.807) is 0 Å². The highest BCUT2D eigenvalue weighted by atomic mass is 35.5. The van der Waals surface area contributed by atoms with E-state index in [0.717, 1.165) is 0 Å². The molecule has 0 saturated carbocycles. The molecule has 2 N–H and O–H groups in total. The van der Waals surface area contributed by atoms with Crippen molar-refractivity contribution in [1.82, 2.24) is 4.98 Å². The summed E-state index contributed by atoms with van der Waals surface area (Å²) < 4.78 is 4.65. The van der Waals surface area contributed by atoms with E-state index in [1.165, 1.54) is 25.3 Å². The molecule has 1 aromatic carbocycles. The molecule has 0 unspecified atom stereocenters. The quantitative estimate of drug-likeness (QED) is 0.863. The molecule has 0 aliphatic heterocycles. The van der Waals surface area contributed by atoms with Gasteiger partial charge in [0.25, 0.3) is 5.91 Å².